The van der Waals surface area contributed by atoms with E-state index in [-0.39, 0.29) is 24.1 Å². The highest BCUT2D eigenvalue weighted by atomic mass is 35.5. The van der Waals surface area contributed by atoms with Gasteiger partial charge in [0, 0.05) is 33.7 Å². The molecule has 0 saturated carbocycles. The molecule has 0 aromatic heterocycles. The van der Waals surface area contributed by atoms with Gasteiger partial charge in [-0.1, -0.05) is 59.4 Å². The summed E-state index contributed by atoms with van der Waals surface area (Å²) in [7, 11) is 0. The molecular formula is C21H22Cl4N2O3. The Bertz CT molecular complexity index is 888. The molecule has 0 aliphatic rings. The summed E-state index contributed by atoms with van der Waals surface area (Å²) in [5.41, 5.74) is 0.557. The van der Waals surface area contributed by atoms with Crippen LogP contribution in [0.15, 0.2) is 36.4 Å². The summed E-state index contributed by atoms with van der Waals surface area (Å²) >= 11 is 24.6. The van der Waals surface area contributed by atoms with Gasteiger partial charge in [-0.2, -0.15) is 0 Å². The maximum absolute atomic E-state index is 13.1. The van der Waals surface area contributed by atoms with Gasteiger partial charge < -0.3 is 15.0 Å². The van der Waals surface area contributed by atoms with Gasteiger partial charge >= 0.3 is 0 Å². The van der Waals surface area contributed by atoms with E-state index in [1.807, 2.05) is 13.8 Å². The molecule has 9 heteroatoms. The molecule has 30 heavy (non-hydrogen) atoms. The first-order chi connectivity index (χ1) is 14.3. The number of halogens is 4. The number of carbonyl (C=O) groups is 2. The molecule has 0 bridgehead atoms. The highest BCUT2D eigenvalue weighted by Crippen LogP contribution is 2.29. The van der Waals surface area contributed by atoms with Crippen molar-refractivity contribution >= 4 is 58.2 Å². The maximum atomic E-state index is 13.1. The second-order valence-corrected chi connectivity index (χ2v) is 8.06. The average Bonchev–Trinajstić information content (AvgIpc) is 2.69. The number of hydrogen-bond acceptors (Lipinski definition) is 3. The second-order valence-electron chi connectivity index (χ2n) is 6.40. The minimum atomic E-state index is -0.714. The van der Waals surface area contributed by atoms with Crippen molar-refractivity contribution in [2.24, 2.45) is 0 Å². The summed E-state index contributed by atoms with van der Waals surface area (Å²) in [5, 5.41) is 4.32. The van der Waals surface area contributed by atoms with Crippen LogP contribution in [-0.2, 0) is 16.1 Å². The first kappa shape index (κ1) is 24.6. The number of nitrogens with one attached hydrogen (secondary N) is 1. The first-order valence-electron chi connectivity index (χ1n) is 9.36. The van der Waals surface area contributed by atoms with E-state index >= 15 is 0 Å². The number of ether oxygens (including phenoxy) is 1. The van der Waals surface area contributed by atoms with E-state index < -0.39 is 11.9 Å². The predicted molar refractivity (Wildman–Crippen MR) is 122 cm³/mol. The summed E-state index contributed by atoms with van der Waals surface area (Å²) in [6.45, 7) is 3.82. The van der Waals surface area contributed by atoms with Crippen LogP contribution < -0.4 is 10.1 Å². The Balaban J connectivity index is 2.28. The van der Waals surface area contributed by atoms with Crippen LogP contribution in [0.25, 0.3) is 0 Å². The molecular weight excluding hydrogens is 470 g/mol. The molecule has 0 aliphatic carbocycles. The Labute approximate surface area is 196 Å². The highest BCUT2D eigenvalue weighted by molar-refractivity contribution is 6.36. The third-order valence-corrected chi connectivity index (χ3v) is 5.61. The zero-order valence-electron chi connectivity index (χ0n) is 16.6. The number of likely N-dealkylation sites (N-methyl/N-ethyl adjacent to an activating group) is 1. The molecule has 0 spiro atoms. The molecule has 0 aliphatic heterocycles. The van der Waals surface area contributed by atoms with E-state index in [2.05, 4.69) is 5.32 Å². The Hall–Kier alpha value is -1.66. The van der Waals surface area contributed by atoms with Gasteiger partial charge in [0.2, 0.25) is 5.91 Å². The van der Waals surface area contributed by atoms with Crippen LogP contribution in [0, 0.1) is 0 Å². The standard InChI is InChI=1S/C21H22Cl4N2O3/c1-3-18(21(29)26-4-2)27(11-14-15(23)6-5-7-16(14)24)20(28)12-30-19-9-8-13(22)10-17(19)25/h5-10,18H,3-4,11-12H2,1-2H3,(H,26,29). The van der Waals surface area contributed by atoms with Crippen molar-refractivity contribution in [3.63, 3.8) is 0 Å². The van der Waals surface area contributed by atoms with Crippen LogP contribution in [0.3, 0.4) is 0 Å². The number of rotatable bonds is 9. The van der Waals surface area contributed by atoms with Crippen molar-refractivity contribution in [2.75, 3.05) is 13.2 Å². The number of carbonyl (C=O) groups excluding carboxylic acids is 2. The van der Waals surface area contributed by atoms with Crippen molar-refractivity contribution < 1.29 is 14.3 Å². The van der Waals surface area contributed by atoms with Gasteiger partial charge in [-0.3, -0.25) is 9.59 Å². The second kappa shape index (κ2) is 11.7. The van der Waals surface area contributed by atoms with Gasteiger partial charge in [-0.05, 0) is 43.7 Å². The van der Waals surface area contributed by atoms with Crippen molar-refractivity contribution in [1.29, 1.82) is 0 Å². The topological polar surface area (TPSA) is 58.6 Å². The minimum Gasteiger partial charge on any atom is -0.482 e. The Kier molecular flexibility index (Phi) is 9.56. The lowest BCUT2D eigenvalue weighted by Crippen LogP contribution is -2.50. The molecule has 0 fully saturated rings. The SMILES string of the molecule is CCNC(=O)C(CC)N(Cc1c(Cl)cccc1Cl)C(=O)COc1ccc(Cl)cc1Cl. The van der Waals surface area contributed by atoms with Crippen molar-refractivity contribution in [2.45, 2.75) is 32.9 Å². The third kappa shape index (κ3) is 6.42. The summed E-state index contributed by atoms with van der Waals surface area (Å²) in [6, 6.07) is 9.08. The van der Waals surface area contributed by atoms with Crippen LogP contribution in [0.5, 0.6) is 5.75 Å². The maximum Gasteiger partial charge on any atom is 0.261 e. The van der Waals surface area contributed by atoms with Gasteiger partial charge in [0.25, 0.3) is 5.91 Å². The number of amides is 2. The highest BCUT2D eigenvalue weighted by Gasteiger charge is 2.29. The quantitative estimate of drug-likeness (QED) is 0.495. The summed E-state index contributed by atoms with van der Waals surface area (Å²) in [6.07, 6.45) is 0.404. The Morgan fingerprint density at radius 3 is 2.27 bits per heavy atom. The lowest BCUT2D eigenvalue weighted by molar-refractivity contribution is -0.142. The van der Waals surface area contributed by atoms with Crippen molar-refractivity contribution in [3.8, 4) is 5.75 Å². The van der Waals surface area contributed by atoms with Gasteiger partial charge in [0.15, 0.2) is 6.61 Å². The zero-order valence-corrected chi connectivity index (χ0v) is 19.6. The van der Waals surface area contributed by atoms with E-state index in [1.54, 1.807) is 30.3 Å². The van der Waals surface area contributed by atoms with Crippen LogP contribution in [0.1, 0.15) is 25.8 Å². The van der Waals surface area contributed by atoms with Gasteiger partial charge in [0.05, 0.1) is 5.02 Å². The van der Waals surface area contributed by atoms with Gasteiger partial charge in [0.1, 0.15) is 11.8 Å². The summed E-state index contributed by atoms with van der Waals surface area (Å²) in [5.74, 6) is -0.354. The number of nitrogens with zero attached hydrogens (tertiary/aromatic N) is 1. The lowest BCUT2D eigenvalue weighted by Gasteiger charge is -2.31. The molecule has 2 aromatic rings. The van der Waals surface area contributed by atoms with E-state index in [9.17, 15) is 9.59 Å². The minimum absolute atomic E-state index is 0.0602. The Morgan fingerprint density at radius 2 is 1.70 bits per heavy atom. The van der Waals surface area contributed by atoms with Crippen LogP contribution in [0.2, 0.25) is 20.1 Å². The molecule has 1 atom stereocenters. The Morgan fingerprint density at radius 1 is 1.03 bits per heavy atom. The van der Waals surface area contributed by atoms with Crippen molar-refractivity contribution in [1.82, 2.24) is 10.2 Å². The predicted octanol–water partition coefficient (Wildman–Crippen LogP) is 5.62. The molecule has 0 radical (unpaired) electrons. The van der Waals surface area contributed by atoms with E-state index in [0.717, 1.165) is 0 Å². The van der Waals surface area contributed by atoms with E-state index in [4.69, 9.17) is 51.1 Å². The fourth-order valence-corrected chi connectivity index (χ4v) is 3.86. The van der Waals surface area contributed by atoms with Crippen LogP contribution in [-0.4, -0.2) is 35.9 Å². The summed E-state index contributed by atoms with van der Waals surface area (Å²) < 4.78 is 5.59. The molecule has 2 amide bonds. The van der Waals surface area contributed by atoms with E-state index in [0.29, 0.717) is 39.3 Å². The first-order valence-corrected chi connectivity index (χ1v) is 10.9. The normalized spacial score (nSPS) is 11.7. The number of benzene rings is 2. The third-order valence-electron chi connectivity index (χ3n) is 4.37. The smallest absolute Gasteiger partial charge is 0.261 e. The molecule has 1 N–H and O–H groups in total. The van der Waals surface area contributed by atoms with Crippen LogP contribution in [0.4, 0.5) is 0 Å². The average molecular weight is 492 g/mol. The molecule has 1 unspecified atom stereocenters. The molecule has 5 nitrogen and oxygen atoms in total. The van der Waals surface area contributed by atoms with Crippen molar-refractivity contribution in [3.05, 3.63) is 62.1 Å². The van der Waals surface area contributed by atoms with E-state index in [1.165, 1.54) is 11.0 Å². The number of hydrogen-bond donors (Lipinski definition) is 1. The molecule has 2 rings (SSSR count). The zero-order chi connectivity index (χ0) is 22.3. The molecule has 0 saturated heterocycles. The lowest BCUT2D eigenvalue weighted by atomic mass is 10.1. The fourth-order valence-electron chi connectivity index (χ4n) is 2.88. The van der Waals surface area contributed by atoms with Crippen LogP contribution >= 0.6 is 46.4 Å². The molecule has 162 valence electrons. The molecule has 2 aromatic carbocycles. The fraction of sp³-hybridized carbons (Fsp3) is 0.333. The van der Waals surface area contributed by atoms with Gasteiger partial charge in [-0.15, -0.1) is 0 Å². The largest absolute Gasteiger partial charge is 0.482 e. The van der Waals surface area contributed by atoms with Gasteiger partial charge in [-0.25, -0.2) is 0 Å². The molecule has 0 heterocycles. The monoisotopic (exact) mass is 490 g/mol. The summed E-state index contributed by atoms with van der Waals surface area (Å²) in [4.78, 5) is 27.1.